The van der Waals surface area contributed by atoms with Crippen LogP contribution in [0.1, 0.15) is 36.6 Å². The van der Waals surface area contributed by atoms with Gasteiger partial charge in [-0.25, -0.2) is 9.97 Å². The molecular weight excluding hydrogens is 420 g/mol. The SMILES string of the molecule is CC1CCN(C(=O)[C@H]2CCc3c(sc4ncnc(Nc5ccc6[nH]ncc6c5)c34)C2)CC1. The van der Waals surface area contributed by atoms with Crippen molar-refractivity contribution in [1.29, 1.82) is 0 Å². The number of carbonyl (C=O) groups excluding carboxylic acids is 1. The third-order valence-corrected chi connectivity index (χ3v) is 8.16. The average molecular weight is 447 g/mol. The van der Waals surface area contributed by atoms with E-state index in [-0.39, 0.29) is 5.92 Å². The van der Waals surface area contributed by atoms with E-state index >= 15 is 0 Å². The van der Waals surface area contributed by atoms with Crippen LogP contribution in [0.15, 0.2) is 30.7 Å². The molecule has 164 valence electrons. The molecule has 0 spiro atoms. The molecule has 0 bridgehead atoms. The Kier molecular flexibility index (Phi) is 4.82. The first-order valence-corrected chi connectivity index (χ1v) is 12.2. The number of amides is 1. The summed E-state index contributed by atoms with van der Waals surface area (Å²) in [5.74, 6) is 2.01. The standard InChI is InChI=1S/C24H26N6OS/c1-14-6-8-30(9-7-14)24(31)15-2-4-18-20(11-15)32-23-21(18)22(25-13-26-23)28-17-3-5-19-16(10-17)12-27-29-19/h3,5,10,12-15H,2,4,6-9,11H2,1H3,(H,27,29)(H,25,26,28)/t15-/m0/s1. The van der Waals surface area contributed by atoms with E-state index in [1.807, 2.05) is 18.3 Å². The summed E-state index contributed by atoms with van der Waals surface area (Å²) in [5, 5.41) is 12.7. The molecule has 0 radical (unpaired) electrons. The summed E-state index contributed by atoms with van der Waals surface area (Å²) in [5.41, 5.74) is 3.30. The topological polar surface area (TPSA) is 86.8 Å². The Morgan fingerprint density at radius 1 is 1.22 bits per heavy atom. The van der Waals surface area contributed by atoms with E-state index < -0.39 is 0 Å². The Labute approximate surface area is 190 Å². The number of aryl methyl sites for hydroxylation is 1. The van der Waals surface area contributed by atoms with Gasteiger partial charge < -0.3 is 10.2 Å². The van der Waals surface area contributed by atoms with Crippen LogP contribution < -0.4 is 5.32 Å². The van der Waals surface area contributed by atoms with Crippen molar-refractivity contribution in [1.82, 2.24) is 25.1 Å². The predicted molar refractivity (Wildman–Crippen MR) is 127 cm³/mol. The first kappa shape index (κ1) is 19.7. The molecule has 4 aromatic rings. The molecule has 32 heavy (non-hydrogen) atoms. The minimum Gasteiger partial charge on any atom is -0.342 e. The maximum atomic E-state index is 13.2. The number of fused-ring (bicyclic) bond motifs is 4. The molecule has 1 aliphatic heterocycles. The van der Waals surface area contributed by atoms with Crippen molar-refractivity contribution in [2.45, 2.75) is 39.0 Å². The zero-order valence-electron chi connectivity index (χ0n) is 18.1. The smallest absolute Gasteiger partial charge is 0.226 e. The van der Waals surface area contributed by atoms with Crippen LogP contribution >= 0.6 is 11.3 Å². The number of aromatic amines is 1. The first-order chi connectivity index (χ1) is 15.7. The molecule has 1 fully saturated rings. The number of piperidine rings is 1. The molecule has 0 saturated carbocycles. The maximum Gasteiger partial charge on any atom is 0.226 e. The molecule has 0 unspecified atom stereocenters. The van der Waals surface area contributed by atoms with Gasteiger partial charge in [0, 0.05) is 35.0 Å². The van der Waals surface area contributed by atoms with Crippen LogP contribution in [0.25, 0.3) is 21.1 Å². The van der Waals surface area contributed by atoms with Gasteiger partial charge in [-0.2, -0.15) is 5.10 Å². The summed E-state index contributed by atoms with van der Waals surface area (Å²) in [7, 11) is 0. The van der Waals surface area contributed by atoms with Crippen LogP contribution in [-0.4, -0.2) is 44.1 Å². The number of nitrogens with zero attached hydrogens (tertiary/aromatic N) is 4. The number of benzene rings is 1. The number of thiophene rings is 1. The molecule has 1 saturated heterocycles. The lowest BCUT2D eigenvalue weighted by molar-refractivity contribution is -0.137. The van der Waals surface area contributed by atoms with E-state index in [1.54, 1.807) is 17.7 Å². The number of rotatable bonds is 3. The minimum absolute atomic E-state index is 0.0943. The van der Waals surface area contributed by atoms with Crippen LogP contribution in [0, 0.1) is 11.8 Å². The van der Waals surface area contributed by atoms with E-state index in [9.17, 15) is 4.79 Å². The first-order valence-electron chi connectivity index (χ1n) is 11.4. The lowest BCUT2D eigenvalue weighted by atomic mass is 9.86. The second-order valence-electron chi connectivity index (χ2n) is 9.15. The molecule has 3 aromatic heterocycles. The molecule has 4 heterocycles. The van der Waals surface area contributed by atoms with Gasteiger partial charge in [0.05, 0.1) is 17.1 Å². The van der Waals surface area contributed by atoms with Crippen LogP contribution in [0.4, 0.5) is 11.5 Å². The lowest BCUT2D eigenvalue weighted by Gasteiger charge is -2.34. The van der Waals surface area contributed by atoms with E-state index in [1.165, 1.54) is 10.4 Å². The summed E-state index contributed by atoms with van der Waals surface area (Å²) in [6.45, 7) is 4.11. The Bertz CT molecular complexity index is 1300. The van der Waals surface area contributed by atoms with Gasteiger partial charge in [0.15, 0.2) is 0 Å². The Morgan fingerprint density at radius 3 is 2.97 bits per heavy atom. The molecule has 1 atom stereocenters. The highest BCUT2D eigenvalue weighted by Gasteiger charge is 2.32. The fraction of sp³-hybridized carbons (Fsp3) is 0.417. The quantitative estimate of drug-likeness (QED) is 0.477. The predicted octanol–water partition coefficient (Wildman–Crippen LogP) is 4.67. The molecule has 7 nitrogen and oxygen atoms in total. The number of H-pyrrole nitrogens is 1. The van der Waals surface area contributed by atoms with E-state index in [0.29, 0.717) is 5.91 Å². The molecule has 2 aliphatic rings. The summed E-state index contributed by atoms with van der Waals surface area (Å²) < 4.78 is 0. The highest BCUT2D eigenvalue weighted by molar-refractivity contribution is 7.19. The number of hydrogen-bond donors (Lipinski definition) is 2. The molecule has 8 heteroatoms. The van der Waals surface area contributed by atoms with Crippen molar-refractivity contribution < 1.29 is 4.79 Å². The minimum atomic E-state index is 0.0943. The summed E-state index contributed by atoms with van der Waals surface area (Å²) >= 11 is 1.72. The van der Waals surface area contributed by atoms with Crippen molar-refractivity contribution in [3.8, 4) is 0 Å². The molecule has 1 aromatic carbocycles. The van der Waals surface area contributed by atoms with Gasteiger partial charge in [-0.3, -0.25) is 9.89 Å². The summed E-state index contributed by atoms with van der Waals surface area (Å²) in [6, 6.07) is 6.12. The van der Waals surface area contributed by atoms with Crippen molar-refractivity contribution in [2.24, 2.45) is 11.8 Å². The lowest BCUT2D eigenvalue weighted by Crippen LogP contribution is -2.42. The zero-order chi connectivity index (χ0) is 21.7. The Balaban J connectivity index is 1.27. The normalized spacial score (nSPS) is 19.4. The van der Waals surface area contributed by atoms with Gasteiger partial charge >= 0.3 is 0 Å². The van der Waals surface area contributed by atoms with Gasteiger partial charge in [0.2, 0.25) is 5.91 Å². The third-order valence-electron chi connectivity index (χ3n) is 6.99. The number of anilines is 2. The number of carbonyl (C=O) groups is 1. The molecule has 2 N–H and O–H groups in total. The number of aromatic nitrogens is 4. The van der Waals surface area contributed by atoms with Crippen molar-refractivity contribution in [2.75, 3.05) is 18.4 Å². The highest BCUT2D eigenvalue weighted by atomic mass is 32.1. The number of likely N-dealkylation sites (tertiary alicyclic amines) is 1. The molecule has 1 aliphatic carbocycles. The monoisotopic (exact) mass is 446 g/mol. The fourth-order valence-electron chi connectivity index (χ4n) is 5.06. The van der Waals surface area contributed by atoms with Crippen molar-refractivity contribution in [3.05, 3.63) is 41.2 Å². The van der Waals surface area contributed by atoms with Crippen LogP contribution in [0.3, 0.4) is 0 Å². The molecular formula is C24H26N6OS. The van der Waals surface area contributed by atoms with E-state index in [4.69, 9.17) is 0 Å². The second kappa shape index (κ2) is 7.85. The highest BCUT2D eigenvalue weighted by Crippen LogP contribution is 2.41. The van der Waals surface area contributed by atoms with Gasteiger partial charge in [0.1, 0.15) is 17.0 Å². The van der Waals surface area contributed by atoms with Gasteiger partial charge in [0.25, 0.3) is 0 Å². The number of hydrogen-bond acceptors (Lipinski definition) is 6. The van der Waals surface area contributed by atoms with Gasteiger partial charge in [-0.15, -0.1) is 11.3 Å². The van der Waals surface area contributed by atoms with Crippen LogP contribution in [0.2, 0.25) is 0 Å². The van der Waals surface area contributed by atoms with Gasteiger partial charge in [-0.1, -0.05) is 6.92 Å². The van der Waals surface area contributed by atoms with E-state index in [0.717, 1.165) is 83.7 Å². The summed E-state index contributed by atoms with van der Waals surface area (Å²) in [6.07, 6.45) is 8.33. The third kappa shape index (κ3) is 3.43. The van der Waals surface area contributed by atoms with Gasteiger partial charge in [-0.05, 0) is 61.8 Å². The second-order valence-corrected chi connectivity index (χ2v) is 10.2. The molecule has 1 amide bonds. The van der Waals surface area contributed by atoms with E-state index in [2.05, 4.69) is 43.4 Å². The Morgan fingerprint density at radius 2 is 2.09 bits per heavy atom. The van der Waals surface area contributed by atoms with Crippen molar-refractivity contribution in [3.63, 3.8) is 0 Å². The van der Waals surface area contributed by atoms with Crippen molar-refractivity contribution >= 4 is 49.9 Å². The summed E-state index contributed by atoms with van der Waals surface area (Å²) in [4.78, 5) is 26.7. The maximum absolute atomic E-state index is 13.2. The average Bonchev–Trinajstić information content (AvgIpc) is 3.43. The zero-order valence-corrected chi connectivity index (χ0v) is 18.9. The molecule has 6 rings (SSSR count). The Hall–Kier alpha value is -3.00. The van der Waals surface area contributed by atoms with Crippen LogP contribution in [0.5, 0.6) is 0 Å². The van der Waals surface area contributed by atoms with Crippen LogP contribution in [-0.2, 0) is 17.6 Å². The largest absolute Gasteiger partial charge is 0.342 e. The fourth-order valence-corrected chi connectivity index (χ4v) is 6.33. The number of nitrogens with one attached hydrogen (secondary N) is 2.